The van der Waals surface area contributed by atoms with Crippen LogP contribution in [0, 0.1) is 0 Å². The highest BCUT2D eigenvalue weighted by Crippen LogP contribution is 2.32. The van der Waals surface area contributed by atoms with E-state index in [1.54, 1.807) is 0 Å². The fourth-order valence-corrected chi connectivity index (χ4v) is 3.62. The number of rotatable bonds is 5. The lowest BCUT2D eigenvalue weighted by atomic mass is 9.99. The molecular weight excluding hydrogens is 422 g/mol. The van der Waals surface area contributed by atoms with Crippen molar-refractivity contribution >= 4 is 17.1 Å². The van der Waals surface area contributed by atoms with Crippen molar-refractivity contribution in [3.05, 3.63) is 16.7 Å². The first-order valence-electron chi connectivity index (χ1n) is 9.39. The molecule has 0 amide bonds. The predicted molar refractivity (Wildman–Crippen MR) is 98.2 cm³/mol. The molecule has 0 unspecified atom stereocenters. The number of imidazole rings is 1. The number of aliphatic hydroxyl groups is 6. The van der Waals surface area contributed by atoms with Crippen LogP contribution in [0.15, 0.2) is 11.1 Å². The molecule has 2 aromatic rings. The molecule has 2 fully saturated rings. The minimum absolute atomic E-state index is 0.0352. The van der Waals surface area contributed by atoms with Crippen LogP contribution in [0.2, 0.25) is 0 Å². The predicted octanol–water partition coefficient (Wildman–Crippen LogP) is -4.86. The number of H-pyrrole nitrogens is 1. The molecule has 2 aromatic heterocycles. The van der Waals surface area contributed by atoms with Gasteiger partial charge in [-0.15, -0.1) is 0 Å². The monoisotopic (exact) mass is 445 g/mol. The lowest BCUT2D eigenvalue weighted by Gasteiger charge is -2.39. The van der Waals surface area contributed by atoms with Crippen LogP contribution in [-0.2, 0) is 14.2 Å². The maximum Gasteiger partial charge on any atom is 0.280 e. The molecule has 9 atom stereocenters. The van der Waals surface area contributed by atoms with Gasteiger partial charge in [-0.25, -0.2) is 4.98 Å². The zero-order chi connectivity index (χ0) is 22.4. The van der Waals surface area contributed by atoms with Crippen LogP contribution in [0.5, 0.6) is 0 Å². The van der Waals surface area contributed by atoms with Crippen molar-refractivity contribution in [3.8, 4) is 0 Å². The Bertz CT molecular complexity index is 981. The number of nitrogens with one attached hydrogen (secondary N) is 1. The number of nitrogens with zero attached hydrogens (tertiary/aromatic N) is 3. The molecule has 0 saturated carbocycles. The van der Waals surface area contributed by atoms with Crippen LogP contribution in [0.3, 0.4) is 0 Å². The van der Waals surface area contributed by atoms with Gasteiger partial charge in [-0.3, -0.25) is 14.3 Å². The zero-order valence-corrected chi connectivity index (χ0v) is 15.9. The first-order valence-corrected chi connectivity index (χ1v) is 9.39. The summed E-state index contributed by atoms with van der Waals surface area (Å²) < 4.78 is 17.5. The highest BCUT2D eigenvalue weighted by molar-refractivity contribution is 5.70. The molecule has 4 heterocycles. The number of fused-ring (bicyclic) bond motifs is 1. The van der Waals surface area contributed by atoms with Crippen LogP contribution in [0.1, 0.15) is 6.23 Å². The van der Waals surface area contributed by atoms with E-state index in [0.29, 0.717) is 0 Å². The van der Waals surface area contributed by atoms with E-state index in [2.05, 4.69) is 15.0 Å². The molecule has 0 spiro atoms. The van der Waals surface area contributed by atoms with Crippen molar-refractivity contribution < 1.29 is 44.8 Å². The van der Waals surface area contributed by atoms with Crippen molar-refractivity contribution in [1.29, 1.82) is 0 Å². The molecule has 31 heavy (non-hydrogen) atoms. The van der Waals surface area contributed by atoms with E-state index >= 15 is 0 Å². The van der Waals surface area contributed by atoms with Gasteiger partial charge in [0.15, 0.2) is 23.7 Å². The Morgan fingerprint density at radius 1 is 1.06 bits per heavy atom. The van der Waals surface area contributed by atoms with Crippen LogP contribution >= 0.6 is 0 Å². The summed E-state index contributed by atoms with van der Waals surface area (Å²) >= 11 is 0. The molecule has 0 aromatic carbocycles. The quantitative estimate of drug-likeness (QED) is 0.216. The van der Waals surface area contributed by atoms with E-state index in [-0.39, 0.29) is 23.7 Å². The van der Waals surface area contributed by atoms with Crippen LogP contribution < -0.4 is 11.3 Å². The SMILES string of the molecule is Nc1nc2c(ncn2[C@@H]2O[C@H](CO[C@@H]3O[C@H](CO)[C@@H](O)[C@H](O)[C@H]3O)[C@@H](O)[C@H]2O)c(=O)[nH]1. The van der Waals surface area contributed by atoms with E-state index < -0.39 is 67.4 Å². The van der Waals surface area contributed by atoms with Crippen molar-refractivity contribution in [2.75, 3.05) is 18.9 Å². The number of nitrogen functional groups attached to an aromatic ring is 1. The van der Waals surface area contributed by atoms with E-state index in [1.165, 1.54) is 10.9 Å². The van der Waals surface area contributed by atoms with Crippen molar-refractivity contribution in [2.45, 2.75) is 55.2 Å². The Labute approximate surface area is 173 Å². The van der Waals surface area contributed by atoms with Gasteiger partial charge in [0.1, 0.15) is 42.7 Å². The molecule has 15 nitrogen and oxygen atoms in total. The summed E-state index contributed by atoms with van der Waals surface area (Å²) in [6.07, 6.45) is -11.4. The molecule has 4 rings (SSSR count). The molecule has 2 aliphatic rings. The van der Waals surface area contributed by atoms with Gasteiger partial charge in [-0.05, 0) is 0 Å². The largest absolute Gasteiger partial charge is 0.394 e. The third kappa shape index (κ3) is 3.79. The normalized spacial score (nSPS) is 38.7. The van der Waals surface area contributed by atoms with Gasteiger partial charge in [0.25, 0.3) is 5.56 Å². The highest BCUT2D eigenvalue weighted by Gasteiger charge is 2.47. The number of anilines is 1. The topological polar surface area (TPSA) is 239 Å². The second-order valence-electron chi connectivity index (χ2n) is 7.35. The van der Waals surface area contributed by atoms with Crippen molar-refractivity contribution in [3.63, 3.8) is 0 Å². The number of aliphatic hydroxyl groups excluding tert-OH is 6. The standard InChI is InChI=1S/C16H23N5O10/c17-16-19-12-6(13(28)20-16)18-3-21(12)14-10(26)8(24)5(30-14)2-29-15-11(27)9(25)7(23)4(1-22)31-15/h3-5,7-11,14-15,22-27H,1-2H2,(H3,17,19,20,28)/t4-,5-,7-,8-,9+,10-,11-,14-,15-/m1/s1. The summed E-state index contributed by atoms with van der Waals surface area (Å²) in [6.45, 7) is -1.02. The van der Waals surface area contributed by atoms with E-state index in [9.17, 15) is 35.4 Å². The summed E-state index contributed by atoms with van der Waals surface area (Å²) in [7, 11) is 0. The Balaban J connectivity index is 1.48. The van der Waals surface area contributed by atoms with Crippen LogP contribution in [0.25, 0.3) is 11.2 Å². The first kappa shape index (κ1) is 22.0. The average Bonchev–Trinajstić information content (AvgIpc) is 3.27. The third-order valence-electron chi connectivity index (χ3n) is 5.34. The molecular formula is C16H23N5O10. The Hall–Kier alpha value is -2.21. The third-order valence-corrected chi connectivity index (χ3v) is 5.34. The number of hydrogen-bond donors (Lipinski definition) is 8. The summed E-state index contributed by atoms with van der Waals surface area (Å²) in [5.41, 5.74) is 4.96. The molecule has 2 aliphatic heterocycles. The molecule has 172 valence electrons. The Morgan fingerprint density at radius 2 is 1.77 bits per heavy atom. The minimum Gasteiger partial charge on any atom is -0.394 e. The molecule has 0 bridgehead atoms. The number of hydrogen-bond acceptors (Lipinski definition) is 13. The maximum absolute atomic E-state index is 11.9. The van der Waals surface area contributed by atoms with Crippen LogP contribution in [0.4, 0.5) is 5.95 Å². The highest BCUT2D eigenvalue weighted by atomic mass is 16.7. The van der Waals surface area contributed by atoms with Gasteiger partial charge in [0, 0.05) is 0 Å². The number of aromatic amines is 1. The lowest BCUT2D eigenvalue weighted by molar-refractivity contribution is -0.306. The van der Waals surface area contributed by atoms with Gasteiger partial charge in [-0.2, -0.15) is 4.98 Å². The summed E-state index contributed by atoms with van der Waals surface area (Å²) in [5, 5.41) is 59.7. The molecule has 0 aliphatic carbocycles. The summed E-state index contributed by atoms with van der Waals surface area (Å²) in [6, 6.07) is 0. The second kappa shape index (κ2) is 8.38. The maximum atomic E-state index is 11.9. The van der Waals surface area contributed by atoms with Gasteiger partial charge >= 0.3 is 0 Å². The van der Waals surface area contributed by atoms with Gasteiger partial charge < -0.3 is 50.6 Å². The zero-order valence-electron chi connectivity index (χ0n) is 15.9. The first-order chi connectivity index (χ1) is 14.7. The lowest BCUT2D eigenvalue weighted by Crippen LogP contribution is -2.59. The Kier molecular flexibility index (Phi) is 5.95. The average molecular weight is 445 g/mol. The van der Waals surface area contributed by atoms with Crippen LogP contribution in [-0.4, -0.2) is 112 Å². The van der Waals surface area contributed by atoms with E-state index in [1.807, 2.05) is 0 Å². The fourth-order valence-electron chi connectivity index (χ4n) is 3.62. The number of aromatic nitrogens is 4. The molecule has 15 heteroatoms. The van der Waals surface area contributed by atoms with Gasteiger partial charge in [-0.1, -0.05) is 0 Å². The summed E-state index contributed by atoms with van der Waals surface area (Å²) in [4.78, 5) is 22.1. The van der Waals surface area contributed by atoms with Gasteiger partial charge in [0.2, 0.25) is 5.95 Å². The minimum atomic E-state index is -1.63. The van der Waals surface area contributed by atoms with Crippen molar-refractivity contribution in [2.24, 2.45) is 0 Å². The summed E-state index contributed by atoms with van der Waals surface area (Å²) in [5.74, 6) is -0.171. The number of nitrogens with two attached hydrogens (primary N) is 1. The molecule has 9 N–H and O–H groups in total. The fraction of sp³-hybridized carbons (Fsp3) is 0.688. The molecule has 0 radical (unpaired) electrons. The van der Waals surface area contributed by atoms with E-state index in [0.717, 1.165) is 0 Å². The van der Waals surface area contributed by atoms with E-state index in [4.69, 9.17) is 19.9 Å². The van der Waals surface area contributed by atoms with Gasteiger partial charge in [0.05, 0.1) is 19.5 Å². The smallest absolute Gasteiger partial charge is 0.280 e. The van der Waals surface area contributed by atoms with Crippen molar-refractivity contribution in [1.82, 2.24) is 19.5 Å². The second-order valence-corrected chi connectivity index (χ2v) is 7.35. The molecule has 2 saturated heterocycles. The number of ether oxygens (including phenoxy) is 3. The Morgan fingerprint density at radius 3 is 2.48 bits per heavy atom.